The summed E-state index contributed by atoms with van der Waals surface area (Å²) in [5.74, 6) is -2.75. The van der Waals surface area contributed by atoms with Crippen LogP contribution in [-0.2, 0) is 9.53 Å². The Bertz CT molecular complexity index is 404. The Hall–Kier alpha value is -1.36. The summed E-state index contributed by atoms with van der Waals surface area (Å²) in [5, 5.41) is 0. The van der Waals surface area contributed by atoms with Crippen molar-refractivity contribution in [1.29, 1.82) is 0 Å². The standard InChI is InChI=1S/C10H9FO3S/c1-14-10(13)9(12)7-5-6(15-2)3-4-8(7)11/h3-5H,1-2H3. The van der Waals surface area contributed by atoms with Gasteiger partial charge >= 0.3 is 5.97 Å². The lowest BCUT2D eigenvalue weighted by Crippen LogP contribution is -2.17. The van der Waals surface area contributed by atoms with Crippen LogP contribution in [0.5, 0.6) is 0 Å². The van der Waals surface area contributed by atoms with Crippen molar-refractivity contribution >= 4 is 23.5 Å². The molecule has 1 rings (SSSR count). The van der Waals surface area contributed by atoms with E-state index < -0.39 is 17.6 Å². The van der Waals surface area contributed by atoms with Crippen molar-refractivity contribution in [3.05, 3.63) is 29.6 Å². The fraction of sp³-hybridized carbons (Fsp3) is 0.200. The molecule has 0 unspecified atom stereocenters. The molecule has 3 nitrogen and oxygen atoms in total. The first-order valence-electron chi connectivity index (χ1n) is 4.06. The van der Waals surface area contributed by atoms with Crippen molar-refractivity contribution in [2.24, 2.45) is 0 Å². The van der Waals surface area contributed by atoms with Crippen LogP contribution in [-0.4, -0.2) is 25.1 Å². The van der Waals surface area contributed by atoms with Crippen molar-refractivity contribution in [1.82, 2.24) is 0 Å². The summed E-state index contributed by atoms with van der Waals surface area (Å²) in [6.07, 6.45) is 1.79. The Kier molecular flexibility index (Phi) is 3.85. The second-order valence-corrected chi connectivity index (χ2v) is 3.55. The van der Waals surface area contributed by atoms with Crippen LogP contribution in [0.4, 0.5) is 4.39 Å². The molecule has 0 atom stereocenters. The van der Waals surface area contributed by atoms with Crippen LogP contribution < -0.4 is 0 Å². The maximum atomic E-state index is 13.2. The van der Waals surface area contributed by atoms with Gasteiger partial charge in [0.15, 0.2) is 0 Å². The van der Waals surface area contributed by atoms with Gasteiger partial charge in [-0.2, -0.15) is 0 Å². The first kappa shape index (κ1) is 11.7. The zero-order valence-corrected chi connectivity index (χ0v) is 9.06. The Labute approximate surface area is 90.6 Å². The van der Waals surface area contributed by atoms with E-state index in [1.165, 1.54) is 23.9 Å². The normalized spacial score (nSPS) is 9.80. The number of esters is 1. The number of methoxy groups -OCH3 is 1. The molecule has 0 radical (unpaired) electrons. The second kappa shape index (κ2) is 4.93. The molecule has 1 aromatic rings. The van der Waals surface area contributed by atoms with Crippen LogP contribution in [0, 0.1) is 5.82 Å². The molecule has 80 valence electrons. The van der Waals surface area contributed by atoms with Crippen LogP contribution in [0.1, 0.15) is 10.4 Å². The Balaban J connectivity index is 3.12. The van der Waals surface area contributed by atoms with Crippen LogP contribution in [0.2, 0.25) is 0 Å². The summed E-state index contributed by atoms with van der Waals surface area (Å²) in [6.45, 7) is 0. The number of ketones is 1. The highest BCUT2D eigenvalue weighted by Crippen LogP contribution is 2.19. The van der Waals surface area contributed by atoms with E-state index in [2.05, 4.69) is 4.74 Å². The number of thioether (sulfide) groups is 1. The van der Waals surface area contributed by atoms with Crippen LogP contribution in [0.25, 0.3) is 0 Å². The fourth-order valence-corrected chi connectivity index (χ4v) is 1.45. The average Bonchev–Trinajstić information content (AvgIpc) is 2.27. The van der Waals surface area contributed by atoms with Crippen molar-refractivity contribution in [3.63, 3.8) is 0 Å². The highest BCUT2D eigenvalue weighted by molar-refractivity contribution is 7.98. The number of rotatable bonds is 3. The van der Waals surface area contributed by atoms with E-state index >= 15 is 0 Å². The summed E-state index contributed by atoms with van der Waals surface area (Å²) in [6, 6.07) is 4.02. The summed E-state index contributed by atoms with van der Waals surface area (Å²) < 4.78 is 17.4. The zero-order valence-electron chi connectivity index (χ0n) is 8.24. The topological polar surface area (TPSA) is 43.4 Å². The quantitative estimate of drug-likeness (QED) is 0.343. The summed E-state index contributed by atoms with van der Waals surface area (Å²) in [4.78, 5) is 23.0. The second-order valence-electron chi connectivity index (χ2n) is 2.67. The molecule has 0 spiro atoms. The van der Waals surface area contributed by atoms with Crippen molar-refractivity contribution in [2.45, 2.75) is 4.90 Å². The van der Waals surface area contributed by atoms with Crippen LogP contribution >= 0.6 is 11.8 Å². The summed E-state index contributed by atoms with van der Waals surface area (Å²) in [5.41, 5.74) is -0.256. The predicted molar refractivity (Wildman–Crippen MR) is 54.5 cm³/mol. The van der Waals surface area contributed by atoms with E-state index in [-0.39, 0.29) is 5.56 Å². The largest absolute Gasteiger partial charge is 0.463 e. The molecule has 0 aliphatic carbocycles. The van der Waals surface area contributed by atoms with Gasteiger partial charge in [0.05, 0.1) is 12.7 Å². The first-order valence-corrected chi connectivity index (χ1v) is 5.28. The van der Waals surface area contributed by atoms with Gasteiger partial charge in [-0.25, -0.2) is 9.18 Å². The Morgan fingerprint density at radius 2 is 2.07 bits per heavy atom. The Morgan fingerprint density at radius 3 is 2.60 bits per heavy atom. The van der Waals surface area contributed by atoms with E-state index in [0.717, 1.165) is 13.2 Å². The van der Waals surface area contributed by atoms with Crippen molar-refractivity contribution in [2.75, 3.05) is 13.4 Å². The lowest BCUT2D eigenvalue weighted by Gasteiger charge is -2.02. The molecule has 0 saturated carbocycles. The van der Waals surface area contributed by atoms with E-state index in [0.29, 0.717) is 4.90 Å². The number of hydrogen-bond donors (Lipinski definition) is 0. The average molecular weight is 228 g/mol. The van der Waals surface area contributed by atoms with Gasteiger partial charge in [0, 0.05) is 4.90 Å². The van der Waals surface area contributed by atoms with E-state index in [1.807, 2.05) is 0 Å². The zero-order chi connectivity index (χ0) is 11.4. The number of halogens is 1. The Morgan fingerprint density at radius 1 is 1.40 bits per heavy atom. The first-order chi connectivity index (χ1) is 7.10. The molecule has 0 aromatic heterocycles. The smallest absolute Gasteiger partial charge is 0.379 e. The number of carbonyl (C=O) groups is 2. The van der Waals surface area contributed by atoms with Gasteiger partial charge in [-0.15, -0.1) is 11.8 Å². The molecule has 0 aliphatic heterocycles. The molecule has 5 heteroatoms. The third kappa shape index (κ3) is 2.56. The molecule has 0 amide bonds. The summed E-state index contributed by atoms with van der Waals surface area (Å²) >= 11 is 1.36. The third-order valence-electron chi connectivity index (χ3n) is 1.79. The SMILES string of the molecule is COC(=O)C(=O)c1cc(SC)ccc1F. The molecule has 0 bridgehead atoms. The number of Topliss-reactive ketones (excluding diaryl/α,β-unsaturated/α-hetero) is 1. The van der Waals surface area contributed by atoms with Gasteiger partial charge in [0.2, 0.25) is 0 Å². The van der Waals surface area contributed by atoms with E-state index in [4.69, 9.17) is 0 Å². The number of carbonyl (C=O) groups excluding carboxylic acids is 2. The molecular weight excluding hydrogens is 219 g/mol. The predicted octanol–water partition coefficient (Wildman–Crippen LogP) is 1.90. The van der Waals surface area contributed by atoms with Crippen molar-refractivity contribution in [3.8, 4) is 0 Å². The van der Waals surface area contributed by atoms with Gasteiger partial charge in [-0.05, 0) is 24.5 Å². The van der Waals surface area contributed by atoms with Gasteiger partial charge in [0.25, 0.3) is 5.78 Å². The van der Waals surface area contributed by atoms with Gasteiger partial charge < -0.3 is 4.74 Å². The summed E-state index contributed by atoms with van der Waals surface area (Å²) in [7, 11) is 1.08. The highest BCUT2D eigenvalue weighted by atomic mass is 32.2. The molecule has 1 aromatic carbocycles. The molecule has 15 heavy (non-hydrogen) atoms. The minimum atomic E-state index is -1.06. The third-order valence-corrected chi connectivity index (χ3v) is 2.51. The fourth-order valence-electron chi connectivity index (χ4n) is 1.01. The van der Waals surface area contributed by atoms with Crippen molar-refractivity contribution < 1.29 is 18.7 Å². The molecular formula is C10H9FO3S. The highest BCUT2D eigenvalue weighted by Gasteiger charge is 2.20. The minimum absolute atomic E-state index is 0.256. The lowest BCUT2D eigenvalue weighted by atomic mass is 10.1. The number of benzene rings is 1. The van der Waals surface area contributed by atoms with Gasteiger partial charge in [0.1, 0.15) is 5.82 Å². The molecule has 0 N–H and O–H groups in total. The lowest BCUT2D eigenvalue weighted by molar-refractivity contribution is -0.135. The molecule has 0 aliphatic rings. The van der Waals surface area contributed by atoms with Gasteiger partial charge in [-0.1, -0.05) is 0 Å². The maximum absolute atomic E-state index is 13.2. The molecule has 0 saturated heterocycles. The van der Waals surface area contributed by atoms with Gasteiger partial charge in [-0.3, -0.25) is 4.79 Å². The monoisotopic (exact) mass is 228 g/mol. The van der Waals surface area contributed by atoms with Crippen LogP contribution in [0.3, 0.4) is 0 Å². The number of hydrogen-bond acceptors (Lipinski definition) is 4. The maximum Gasteiger partial charge on any atom is 0.379 e. The van der Waals surface area contributed by atoms with E-state index in [9.17, 15) is 14.0 Å². The molecule has 0 fully saturated rings. The van der Waals surface area contributed by atoms with E-state index in [1.54, 1.807) is 6.26 Å². The molecule has 0 heterocycles. The van der Waals surface area contributed by atoms with Crippen LogP contribution in [0.15, 0.2) is 23.1 Å². The number of ether oxygens (including phenoxy) is 1. The minimum Gasteiger partial charge on any atom is -0.463 e.